The Bertz CT molecular complexity index is 521. The Morgan fingerprint density at radius 1 is 1.47 bits per heavy atom. The number of hydrogen-bond acceptors (Lipinski definition) is 3. The Morgan fingerprint density at radius 3 is 2.88 bits per heavy atom. The monoisotopic (exact) mass is 250 g/mol. The van der Waals surface area contributed by atoms with Crippen molar-refractivity contribution in [1.29, 1.82) is 0 Å². The van der Waals surface area contributed by atoms with E-state index in [9.17, 15) is 0 Å². The second-order valence-corrected chi connectivity index (χ2v) is 4.55. The van der Waals surface area contributed by atoms with Crippen molar-refractivity contribution in [3.63, 3.8) is 0 Å². The van der Waals surface area contributed by atoms with Crippen LogP contribution in [0.25, 0.3) is 0 Å². The summed E-state index contributed by atoms with van der Waals surface area (Å²) < 4.78 is 1.74. The number of aromatic nitrogens is 3. The fourth-order valence-electron chi connectivity index (χ4n) is 1.82. The van der Waals surface area contributed by atoms with Gasteiger partial charge in [-0.05, 0) is 30.2 Å². The average Bonchev–Trinajstić information content (AvgIpc) is 2.68. The first-order valence-electron chi connectivity index (χ1n) is 5.42. The van der Waals surface area contributed by atoms with Gasteiger partial charge in [0.25, 0.3) is 0 Å². The van der Waals surface area contributed by atoms with E-state index in [2.05, 4.69) is 10.1 Å². The van der Waals surface area contributed by atoms with Crippen LogP contribution in [0.3, 0.4) is 0 Å². The topological polar surface area (TPSA) is 56.7 Å². The molecule has 1 atom stereocenters. The van der Waals surface area contributed by atoms with E-state index in [1.807, 2.05) is 32.2 Å². The van der Waals surface area contributed by atoms with E-state index in [1.54, 1.807) is 4.68 Å². The Kier molecular flexibility index (Phi) is 3.45. The van der Waals surface area contributed by atoms with Gasteiger partial charge in [-0.1, -0.05) is 17.7 Å². The fourth-order valence-corrected chi connectivity index (χ4v) is 2.00. The maximum Gasteiger partial charge on any atom is 0.138 e. The van der Waals surface area contributed by atoms with E-state index in [0.29, 0.717) is 11.4 Å². The molecule has 90 valence electrons. The molecule has 1 aromatic carbocycles. The summed E-state index contributed by atoms with van der Waals surface area (Å²) in [6.45, 7) is 2.03. The molecule has 0 aliphatic heterocycles. The number of nitrogens with two attached hydrogens (primary N) is 1. The number of hydrogen-bond donors (Lipinski definition) is 1. The van der Waals surface area contributed by atoms with Crippen molar-refractivity contribution in [3.05, 3.63) is 46.5 Å². The van der Waals surface area contributed by atoms with Crippen LogP contribution in [0.2, 0.25) is 5.02 Å². The molecule has 0 amide bonds. The highest BCUT2D eigenvalue weighted by molar-refractivity contribution is 6.30. The summed E-state index contributed by atoms with van der Waals surface area (Å²) in [6.07, 6.45) is 2.19. The average molecular weight is 251 g/mol. The van der Waals surface area contributed by atoms with Gasteiger partial charge in [0.1, 0.15) is 12.2 Å². The third-order valence-electron chi connectivity index (χ3n) is 2.85. The Hall–Kier alpha value is -1.39. The van der Waals surface area contributed by atoms with Crippen LogP contribution >= 0.6 is 11.6 Å². The zero-order valence-electron chi connectivity index (χ0n) is 9.89. The molecule has 0 spiro atoms. The lowest BCUT2D eigenvalue weighted by atomic mass is 9.99. The minimum absolute atomic E-state index is 0.114. The van der Waals surface area contributed by atoms with Crippen molar-refractivity contribution in [2.24, 2.45) is 12.8 Å². The van der Waals surface area contributed by atoms with Crippen molar-refractivity contribution < 1.29 is 0 Å². The van der Waals surface area contributed by atoms with Gasteiger partial charge in [-0.25, -0.2) is 4.98 Å². The summed E-state index contributed by atoms with van der Waals surface area (Å²) in [5.74, 6) is 0.872. The second-order valence-electron chi connectivity index (χ2n) is 4.11. The highest BCUT2D eigenvalue weighted by Gasteiger charge is 2.13. The molecular weight excluding hydrogens is 236 g/mol. The van der Waals surface area contributed by atoms with Gasteiger partial charge in [0, 0.05) is 24.5 Å². The number of nitrogens with zero attached hydrogens (tertiary/aromatic N) is 3. The van der Waals surface area contributed by atoms with Crippen molar-refractivity contribution >= 4 is 11.6 Å². The molecule has 1 unspecified atom stereocenters. The lowest BCUT2D eigenvalue weighted by Crippen LogP contribution is -2.17. The maximum atomic E-state index is 6.19. The normalized spacial score (nSPS) is 12.7. The molecule has 0 bridgehead atoms. The molecule has 0 fully saturated rings. The summed E-state index contributed by atoms with van der Waals surface area (Å²) >= 11 is 5.99. The predicted octanol–water partition coefficient (Wildman–Crippen LogP) is 2.02. The van der Waals surface area contributed by atoms with Crippen LogP contribution in [0.5, 0.6) is 0 Å². The van der Waals surface area contributed by atoms with E-state index in [4.69, 9.17) is 17.3 Å². The first kappa shape index (κ1) is 12.1. The minimum Gasteiger partial charge on any atom is -0.324 e. The summed E-state index contributed by atoms with van der Waals surface area (Å²) in [6, 6.07) is 5.65. The van der Waals surface area contributed by atoms with Crippen molar-refractivity contribution in [2.45, 2.75) is 19.4 Å². The van der Waals surface area contributed by atoms with Crippen LogP contribution in [0.4, 0.5) is 0 Å². The molecule has 17 heavy (non-hydrogen) atoms. The van der Waals surface area contributed by atoms with E-state index >= 15 is 0 Å². The zero-order valence-corrected chi connectivity index (χ0v) is 10.6. The maximum absolute atomic E-state index is 6.19. The lowest BCUT2D eigenvalue weighted by molar-refractivity contribution is 0.627. The predicted molar refractivity (Wildman–Crippen MR) is 67.8 cm³/mol. The van der Waals surface area contributed by atoms with Crippen LogP contribution < -0.4 is 5.73 Å². The molecule has 2 aromatic rings. The smallest absolute Gasteiger partial charge is 0.138 e. The Labute approximate surface area is 105 Å². The zero-order chi connectivity index (χ0) is 12.4. The number of rotatable bonds is 3. The van der Waals surface area contributed by atoms with Gasteiger partial charge in [-0.15, -0.1) is 0 Å². The highest BCUT2D eigenvalue weighted by Crippen LogP contribution is 2.22. The summed E-state index contributed by atoms with van der Waals surface area (Å²) in [5.41, 5.74) is 8.38. The van der Waals surface area contributed by atoms with Crippen molar-refractivity contribution in [3.8, 4) is 0 Å². The van der Waals surface area contributed by atoms with E-state index in [1.165, 1.54) is 6.33 Å². The Morgan fingerprint density at radius 2 is 2.24 bits per heavy atom. The third-order valence-corrected chi connectivity index (χ3v) is 3.08. The van der Waals surface area contributed by atoms with Crippen LogP contribution in [0, 0.1) is 6.92 Å². The summed E-state index contributed by atoms with van der Waals surface area (Å²) in [7, 11) is 1.86. The highest BCUT2D eigenvalue weighted by atomic mass is 35.5. The van der Waals surface area contributed by atoms with Crippen LogP contribution in [-0.4, -0.2) is 14.8 Å². The molecule has 0 saturated heterocycles. The van der Waals surface area contributed by atoms with Crippen LogP contribution in [0.1, 0.15) is 23.0 Å². The number of aryl methyl sites for hydroxylation is 2. The quantitative estimate of drug-likeness (QED) is 0.907. The molecule has 0 aliphatic rings. The molecule has 2 rings (SSSR count). The standard InChI is InChI=1S/C12H15ClN4/c1-8-3-4-9(13)5-10(8)11(14)6-12-15-7-16-17(12)2/h3-5,7,11H,6,14H2,1-2H3. The largest absolute Gasteiger partial charge is 0.324 e. The molecule has 5 heteroatoms. The fraction of sp³-hybridized carbons (Fsp3) is 0.333. The van der Waals surface area contributed by atoms with E-state index in [0.717, 1.165) is 17.0 Å². The van der Waals surface area contributed by atoms with Gasteiger partial charge in [-0.2, -0.15) is 5.10 Å². The molecule has 0 radical (unpaired) electrons. The molecule has 4 nitrogen and oxygen atoms in total. The van der Waals surface area contributed by atoms with Gasteiger partial charge >= 0.3 is 0 Å². The Balaban J connectivity index is 2.23. The van der Waals surface area contributed by atoms with Crippen molar-refractivity contribution in [1.82, 2.24) is 14.8 Å². The molecule has 1 heterocycles. The van der Waals surface area contributed by atoms with Crippen molar-refractivity contribution in [2.75, 3.05) is 0 Å². The first-order valence-corrected chi connectivity index (χ1v) is 5.80. The number of benzene rings is 1. The van der Waals surface area contributed by atoms with Crippen LogP contribution in [0.15, 0.2) is 24.5 Å². The molecule has 2 N–H and O–H groups in total. The molecule has 0 saturated carbocycles. The van der Waals surface area contributed by atoms with Gasteiger partial charge in [-0.3, -0.25) is 4.68 Å². The molecule has 1 aromatic heterocycles. The minimum atomic E-state index is -0.114. The first-order chi connectivity index (χ1) is 8.08. The lowest BCUT2D eigenvalue weighted by Gasteiger charge is -2.14. The number of halogens is 1. The molecule has 0 aliphatic carbocycles. The second kappa shape index (κ2) is 4.85. The van der Waals surface area contributed by atoms with Crippen LogP contribution in [-0.2, 0) is 13.5 Å². The van der Waals surface area contributed by atoms with Gasteiger partial charge in [0.15, 0.2) is 0 Å². The van der Waals surface area contributed by atoms with Gasteiger partial charge in [0.2, 0.25) is 0 Å². The van der Waals surface area contributed by atoms with E-state index in [-0.39, 0.29) is 6.04 Å². The third kappa shape index (κ3) is 2.65. The SMILES string of the molecule is Cc1ccc(Cl)cc1C(N)Cc1ncnn1C. The van der Waals surface area contributed by atoms with Gasteiger partial charge < -0.3 is 5.73 Å². The van der Waals surface area contributed by atoms with Gasteiger partial charge in [0.05, 0.1) is 0 Å². The summed E-state index contributed by atoms with van der Waals surface area (Å²) in [4.78, 5) is 4.17. The summed E-state index contributed by atoms with van der Waals surface area (Å²) in [5, 5.41) is 4.73. The van der Waals surface area contributed by atoms with E-state index < -0.39 is 0 Å². The molecular formula is C12H15ClN4.